The maximum absolute atomic E-state index is 13.0. The molecule has 0 aliphatic carbocycles. The Labute approximate surface area is 163 Å². The van der Waals surface area contributed by atoms with Crippen molar-refractivity contribution in [3.63, 3.8) is 0 Å². The lowest BCUT2D eigenvalue weighted by molar-refractivity contribution is -0.159. The number of nitrogens with zero attached hydrogens (tertiary/aromatic N) is 2. The molecule has 6 heteroatoms. The third-order valence-corrected chi connectivity index (χ3v) is 5.57. The lowest BCUT2D eigenvalue weighted by atomic mass is 9.72. The average molecular weight is 382 g/mol. The molecule has 1 amide bonds. The molecule has 2 saturated heterocycles. The summed E-state index contributed by atoms with van der Waals surface area (Å²) in [5, 5.41) is 0. The van der Waals surface area contributed by atoms with Gasteiger partial charge in [0.25, 0.3) is 0 Å². The molecule has 0 saturated carbocycles. The van der Waals surface area contributed by atoms with Crippen molar-refractivity contribution < 1.29 is 18.7 Å². The first-order valence-electron chi connectivity index (χ1n) is 9.38. The van der Waals surface area contributed by atoms with E-state index in [4.69, 9.17) is 4.74 Å². The number of benzene rings is 2. The molecule has 2 aliphatic heterocycles. The highest BCUT2D eigenvalue weighted by Crippen LogP contribution is 2.40. The number of likely N-dealkylation sites (tertiary alicyclic amines) is 2. The zero-order valence-corrected chi connectivity index (χ0v) is 15.9. The van der Waals surface area contributed by atoms with Crippen LogP contribution in [0.15, 0.2) is 48.5 Å². The van der Waals surface area contributed by atoms with E-state index in [2.05, 4.69) is 4.90 Å². The summed E-state index contributed by atoms with van der Waals surface area (Å²) in [5.41, 5.74) is 2.79. The van der Waals surface area contributed by atoms with Gasteiger partial charge in [-0.25, -0.2) is 9.18 Å². The fraction of sp³-hybridized carbons (Fsp3) is 0.364. The number of hydrogen-bond donors (Lipinski definition) is 0. The van der Waals surface area contributed by atoms with E-state index in [1.165, 1.54) is 19.2 Å². The van der Waals surface area contributed by atoms with Gasteiger partial charge in [-0.2, -0.15) is 0 Å². The first-order valence-corrected chi connectivity index (χ1v) is 9.38. The molecule has 4 rings (SSSR count). The van der Waals surface area contributed by atoms with Crippen molar-refractivity contribution in [2.24, 2.45) is 5.41 Å². The van der Waals surface area contributed by atoms with Crippen molar-refractivity contribution in [1.82, 2.24) is 9.80 Å². The Morgan fingerprint density at radius 3 is 2.18 bits per heavy atom. The Hall–Kier alpha value is -2.73. The number of methoxy groups -OCH3 is 1. The fourth-order valence-electron chi connectivity index (χ4n) is 4.16. The predicted octanol–water partition coefficient (Wildman–Crippen LogP) is 2.50. The number of carbonyl (C=O) groups excluding carboxylic acids is 2. The van der Waals surface area contributed by atoms with Crippen molar-refractivity contribution >= 4 is 11.9 Å². The number of ether oxygens (including phenoxy) is 1. The van der Waals surface area contributed by atoms with Gasteiger partial charge < -0.3 is 9.64 Å². The lowest BCUT2D eigenvalue weighted by Crippen LogP contribution is -2.72. The number of amides is 1. The number of halogens is 1. The Morgan fingerprint density at radius 2 is 1.57 bits per heavy atom. The van der Waals surface area contributed by atoms with Gasteiger partial charge in [-0.05, 0) is 35.4 Å². The summed E-state index contributed by atoms with van der Waals surface area (Å²) in [5.74, 6) is -0.503. The zero-order valence-electron chi connectivity index (χ0n) is 15.9. The highest BCUT2D eigenvalue weighted by atomic mass is 19.1. The van der Waals surface area contributed by atoms with Gasteiger partial charge in [-0.1, -0.05) is 24.3 Å². The molecule has 2 fully saturated rings. The predicted molar refractivity (Wildman–Crippen MR) is 102 cm³/mol. The van der Waals surface area contributed by atoms with E-state index in [9.17, 15) is 14.0 Å². The van der Waals surface area contributed by atoms with Crippen molar-refractivity contribution in [2.75, 3.05) is 33.3 Å². The van der Waals surface area contributed by atoms with Crippen LogP contribution in [0.2, 0.25) is 0 Å². The van der Waals surface area contributed by atoms with Gasteiger partial charge in [0.05, 0.1) is 19.1 Å². The molecule has 0 radical (unpaired) electrons. The first kappa shape index (κ1) is 18.6. The topological polar surface area (TPSA) is 49.9 Å². The zero-order chi connectivity index (χ0) is 19.7. The van der Waals surface area contributed by atoms with Crippen LogP contribution in [0.5, 0.6) is 0 Å². The van der Waals surface area contributed by atoms with Crippen LogP contribution in [0.1, 0.15) is 21.5 Å². The van der Waals surface area contributed by atoms with E-state index in [1.54, 1.807) is 24.3 Å². The summed E-state index contributed by atoms with van der Waals surface area (Å²) in [4.78, 5) is 28.1. The van der Waals surface area contributed by atoms with Gasteiger partial charge in [-0.15, -0.1) is 0 Å². The molecule has 2 aromatic rings. The maximum atomic E-state index is 13.0. The van der Waals surface area contributed by atoms with Gasteiger partial charge in [0.1, 0.15) is 5.82 Å². The lowest BCUT2D eigenvalue weighted by Gasteiger charge is -2.60. The molecule has 1 spiro atoms. The summed E-state index contributed by atoms with van der Waals surface area (Å²) in [6.07, 6.45) is 0.326. The van der Waals surface area contributed by atoms with E-state index in [0.717, 1.165) is 43.9 Å². The molecular formula is C22H23FN2O3. The van der Waals surface area contributed by atoms with Crippen LogP contribution < -0.4 is 0 Å². The highest BCUT2D eigenvalue weighted by Gasteiger charge is 2.52. The molecule has 0 N–H and O–H groups in total. The van der Waals surface area contributed by atoms with Crippen LogP contribution in [0.3, 0.4) is 0 Å². The maximum Gasteiger partial charge on any atom is 0.337 e. The monoisotopic (exact) mass is 382 g/mol. The molecule has 2 heterocycles. The Balaban J connectivity index is 1.22. The third kappa shape index (κ3) is 3.78. The molecular weight excluding hydrogens is 359 g/mol. The van der Waals surface area contributed by atoms with Crippen LogP contribution in [0.25, 0.3) is 0 Å². The van der Waals surface area contributed by atoms with Gasteiger partial charge >= 0.3 is 5.97 Å². The number of esters is 1. The third-order valence-electron chi connectivity index (χ3n) is 5.57. The Morgan fingerprint density at radius 1 is 0.964 bits per heavy atom. The highest BCUT2D eigenvalue weighted by molar-refractivity contribution is 5.89. The molecule has 2 aromatic carbocycles. The van der Waals surface area contributed by atoms with Crippen LogP contribution in [-0.4, -0.2) is 55.0 Å². The second-order valence-electron chi connectivity index (χ2n) is 7.89. The number of carbonyl (C=O) groups is 2. The Kier molecular flexibility index (Phi) is 4.89. The van der Waals surface area contributed by atoms with E-state index in [0.29, 0.717) is 12.0 Å². The summed E-state index contributed by atoms with van der Waals surface area (Å²) in [6, 6.07) is 13.6. The van der Waals surface area contributed by atoms with Crippen molar-refractivity contribution in [3.05, 3.63) is 71.0 Å². The van der Waals surface area contributed by atoms with E-state index in [1.807, 2.05) is 17.0 Å². The van der Waals surface area contributed by atoms with Gasteiger partial charge in [0.2, 0.25) is 5.91 Å². The molecule has 2 aliphatic rings. The molecule has 0 aromatic heterocycles. The number of hydrogen-bond acceptors (Lipinski definition) is 4. The summed E-state index contributed by atoms with van der Waals surface area (Å²) < 4.78 is 17.7. The second-order valence-corrected chi connectivity index (χ2v) is 7.89. The van der Waals surface area contributed by atoms with Gasteiger partial charge in [-0.3, -0.25) is 9.69 Å². The summed E-state index contributed by atoms with van der Waals surface area (Å²) in [7, 11) is 1.38. The Bertz CT molecular complexity index is 866. The van der Waals surface area contributed by atoms with E-state index in [-0.39, 0.29) is 23.1 Å². The van der Waals surface area contributed by atoms with Crippen molar-refractivity contribution in [3.8, 4) is 0 Å². The molecule has 0 unspecified atom stereocenters. The smallest absolute Gasteiger partial charge is 0.337 e. The minimum atomic E-state index is -0.325. The first-order chi connectivity index (χ1) is 13.5. The average Bonchev–Trinajstić information content (AvgIpc) is 2.64. The molecule has 0 bridgehead atoms. The van der Waals surface area contributed by atoms with Gasteiger partial charge in [0, 0.05) is 38.1 Å². The molecule has 28 heavy (non-hydrogen) atoms. The fourth-order valence-corrected chi connectivity index (χ4v) is 4.16. The SMILES string of the molecule is COC(=O)c1ccc(CN2CC3(C2)CN(C(=O)Cc2ccc(F)cc2)C3)cc1. The van der Waals surface area contributed by atoms with Crippen molar-refractivity contribution in [2.45, 2.75) is 13.0 Å². The van der Waals surface area contributed by atoms with Crippen LogP contribution in [0.4, 0.5) is 4.39 Å². The van der Waals surface area contributed by atoms with Crippen LogP contribution in [0, 0.1) is 11.2 Å². The molecule has 0 atom stereocenters. The number of rotatable bonds is 5. The van der Waals surface area contributed by atoms with Crippen LogP contribution >= 0.6 is 0 Å². The van der Waals surface area contributed by atoms with E-state index < -0.39 is 0 Å². The quantitative estimate of drug-likeness (QED) is 0.746. The summed E-state index contributed by atoms with van der Waals surface area (Å²) >= 11 is 0. The summed E-state index contributed by atoms with van der Waals surface area (Å²) in [6.45, 7) is 4.39. The normalized spacial score (nSPS) is 17.7. The van der Waals surface area contributed by atoms with Gasteiger partial charge in [0.15, 0.2) is 0 Å². The van der Waals surface area contributed by atoms with E-state index >= 15 is 0 Å². The minimum Gasteiger partial charge on any atom is -0.465 e. The van der Waals surface area contributed by atoms with Crippen LogP contribution in [-0.2, 0) is 22.5 Å². The largest absolute Gasteiger partial charge is 0.465 e. The molecule has 5 nitrogen and oxygen atoms in total. The van der Waals surface area contributed by atoms with Crippen molar-refractivity contribution in [1.29, 1.82) is 0 Å². The second kappa shape index (κ2) is 7.36. The molecule has 146 valence electrons. The minimum absolute atomic E-state index is 0.106. The standard InChI is InChI=1S/C22H23FN2O3/c1-28-21(27)18-6-2-17(3-7-18)11-24-12-22(13-24)14-25(15-22)20(26)10-16-4-8-19(23)9-5-16/h2-9H,10-15H2,1H3.